The second kappa shape index (κ2) is 45.9. The van der Waals surface area contributed by atoms with E-state index >= 15 is 0 Å². The van der Waals surface area contributed by atoms with Gasteiger partial charge in [0.2, 0.25) is 5.91 Å². The fraction of sp³-hybridized carbons (Fsp3) is 0.587. The molecule has 2 aliphatic rings. The van der Waals surface area contributed by atoms with Crippen LogP contribution in [-0.4, -0.2) is 153 Å². The number of halogens is 1. The number of carbonyl (C=O) groups is 7. The fourth-order valence-corrected chi connectivity index (χ4v) is 11.9. The zero-order valence-electron chi connectivity index (χ0n) is 58.0. The summed E-state index contributed by atoms with van der Waals surface area (Å²) in [5.74, 6) is -4.34. The summed E-state index contributed by atoms with van der Waals surface area (Å²) in [6, 6.07) is 36.0. The molecular formula is C75H109ClN4O18. The van der Waals surface area contributed by atoms with Crippen LogP contribution in [0.1, 0.15) is 173 Å². The predicted octanol–water partition coefficient (Wildman–Crippen LogP) is 5.20. The number of aliphatic hydroxyl groups is 4. The maximum Gasteiger partial charge on any atom is 0.408 e. The summed E-state index contributed by atoms with van der Waals surface area (Å²) in [7, 11) is 0. The number of Topliss-reactive ketones (excluding diaryl/α,β-unsaturated/α-hetero) is 2. The molecule has 2 aliphatic heterocycles. The molecule has 23 heteroatoms. The number of amides is 3. The highest BCUT2D eigenvalue weighted by atomic mass is 35.5. The molecule has 16 atom stereocenters. The normalized spacial score (nSPS) is 22.3. The SMILES string of the molecule is CC[C@H]1O[C@@H](CCCCCCC[C@H](NC(=O)OCc2ccccc2)C(=O)N[C@@H](C)C(=O)C[C@@H](C)C(=O)OCc2ccccc2)[C@H](OCc2ccccc2)[C@@H](OCc2ccccc2)[C@H]1C.C[C@H](CC(=O)[C@H](C)NC(=O)[C@@H]([NH3+])CCCCCCC[C@@H]1O[C@H](CO)[C@H](O)[C@H](O)[C@H]1O)C(=O)O.[Cl-]. The maximum atomic E-state index is 13.6. The number of esters is 1. The van der Waals surface area contributed by atoms with Crippen LogP contribution in [0.4, 0.5) is 4.79 Å². The zero-order chi connectivity index (χ0) is 70.7. The standard InChI is InChI=1S/C53H68N2O9.C22H40N2O9.ClH/c1-5-47-39(3)49(60-34-41-23-13-9-14-24-41)50(61-35-42-25-15-10-16-26-42)48(64-47)32-22-8-6-7-21-31-45(55-53(59)63-37-44-29-19-12-20-30-44)51(57)54-40(4)46(56)33-38(2)52(58)62-36-43-27-17-11-18-28-43;1-12(22(31)32)10-15(26)13(2)24-21(30)14(23)8-6-4-3-5-7-9-16-18(27)20(29)19(28)17(11-25)33-16;/h9-20,23-30,38-40,45,47-50H,5-8,21-22,31-37H2,1-4H3,(H,54,57)(H,55,59);12-14,16-20,25,27-29H,3-11,23H2,1-2H3,(H,24,30)(H,31,32);1H/t38-,39+,40+,45+,47-,48+,49+,50+;12-,13+,14+,16+,17-,18+,19+,20-;/m11./s1. The lowest BCUT2D eigenvalue weighted by atomic mass is 9.85. The second-order valence-corrected chi connectivity index (χ2v) is 26.1. The van der Waals surface area contributed by atoms with Gasteiger partial charge in [-0.15, -0.1) is 0 Å². The number of hydrogen-bond donors (Lipinski definition) is 9. The van der Waals surface area contributed by atoms with Crippen molar-refractivity contribution in [3.05, 3.63) is 144 Å². The Hall–Kier alpha value is -6.70. The maximum absolute atomic E-state index is 13.6. The molecule has 11 N–H and O–H groups in total. The first kappa shape index (κ1) is 83.7. The van der Waals surface area contributed by atoms with Crippen molar-refractivity contribution in [2.75, 3.05) is 6.61 Å². The van der Waals surface area contributed by atoms with Gasteiger partial charge >= 0.3 is 18.0 Å². The monoisotopic (exact) mass is 1390 g/mol. The number of alkyl carbamates (subject to hydrolysis) is 1. The topological polar surface area (TPSA) is 340 Å². The quantitative estimate of drug-likeness (QED) is 0.0204. The molecule has 0 aromatic heterocycles. The molecule has 0 saturated carbocycles. The molecule has 22 nitrogen and oxygen atoms in total. The zero-order valence-corrected chi connectivity index (χ0v) is 58.7. The Morgan fingerprint density at radius 1 is 0.500 bits per heavy atom. The molecule has 0 aliphatic carbocycles. The third-order valence-electron chi connectivity index (χ3n) is 18.1. The molecular weight excluding hydrogens is 1280 g/mol. The molecule has 4 aromatic rings. The van der Waals surface area contributed by atoms with Crippen molar-refractivity contribution in [3.8, 4) is 0 Å². The number of carbonyl (C=O) groups excluding carboxylic acids is 6. The minimum absolute atomic E-state index is 0. The summed E-state index contributed by atoms with van der Waals surface area (Å²) in [5, 5.41) is 55.8. The minimum Gasteiger partial charge on any atom is -1.00 e. The first-order chi connectivity index (χ1) is 46.6. The van der Waals surface area contributed by atoms with E-state index in [0.717, 1.165) is 92.9 Å². The average molecular weight is 1390 g/mol. The summed E-state index contributed by atoms with van der Waals surface area (Å²) in [5.41, 5.74) is 7.74. The van der Waals surface area contributed by atoms with E-state index in [2.05, 4.69) is 59.8 Å². The van der Waals surface area contributed by atoms with E-state index in [1.54, 1.807) is 13.8 Å². The summed E-state index contributed by atoms with van der Waals surface area (Å²) in [4.78, 5) is 87.5. The van der Waals surface area contributed by atoms with Gasteiger partial charge in [-0.3, -0.25) is 28.8 Å². The molecule has 6 rings (SSSR count). The van der Waals surface area contributed by atoms with Gasteiger partial charge in [-0.25, -0.2) is 4.79 Å². The Morgan fingerprint density at radius 2 is 0.918 bits per heavy atom. The van der Waals surface area contributed by atoms with E-state index in [9.17, 15) is 54.0 Å². The second-order valence-electron chi connectivity index (χ2n) is 26.1. The van der Waals surface area contributed by atoms with Gasteiger partial charge in [-0.05, 0) is 68.2 Å². The number of nitrogens with one attached hydrogen (secondary N) is 3. The molecule has 0 radical (unpaired) electrons. The van der Waals surface area contributed by atoms with Crippen LogP contribution in [0.5, 0.6) is 0 Å². The van der Waals surface area contributed by atoms with Crippen molar-refractivity contribution in [1.82, 2.24) is 16.0 Å². The first-order valence-corrected chi connectivity index (χ1v) is 34.8. The van der Waals surface area contributed by atoms with Crippen molar-refractivity contribution in [3.63, 3.8) is 0 Å². The summed E-state index contributed by atoms with van der Waals surface area (Å²) >= 11 is 0. The van der Waals surface area contributed by atoms with Crippen molar-refractivity contribution in [2.24, 2.45) is 17.8 Å². The lowest BCUT2D eigenvalue weighted by Crippen LogP contribution is -3.00. The Labute approximate surface area is 584 Å². The van der Waals surface area contributed by atoms with Gasteiger partial charge < -0.3 is 88.0 Å². The van der Waals surface area contributed by atoms with Crippen molar-refractivity contribution in [1.29, 1.82) is 0 Å². The summed E-state index contributed by atoms with van der Waals surface area (Å²) in [6.07, 6.45) is 4.74. The smallest absolute Gasteiger partial charge is 0.408 e. The number of aliphatic carboxylic acids is 1. The van der Waals surface area contributed by atoms with Crippen LogP contribution >= 0.6 is 0 Å². The number of ketones is 2. The molecule has 98 heavy (non-hydrogen) atoms. The van der Waals surface area contributed by atoms with Crippen molar-refractivity contribution < 1.29 is 106 Å². The van der Waals surface area contributed by atoms with Gasteiger partial charge in [0.25, 0.3) is 5.91 Å². The highest BCUT2D eigenvalue weighted by molar-refractivity contribution is 5.93. The van der Waals surface area contributed by atoms with E-state index in [1.807, 2.05) is 97.1 Å². The molecule has 2 heterocycles. The van der Waals surface area contributed by atoms with Crippen LogP contribution < -0.4 is 34.1 Å². The Balaban J connectivity index is 0.000000507. The molecule has 4 aromatic carbocycles. The number of aliphatic hydroxyl groups excluding tert-OH is 4. The largest absolute Gasteiger partial charge is 1.00 e. The Morgan fingerprint density at radius 3 is 1.42 bits per heavy atom. The minimum atomic E-state index is -1.35. The number of carboxylic acid groups (broad SMARTS) is 1. The molecule has 544 valence electrons. The number of quaternary nitrogens is 1. The molecule has 2 saturated heterocycles. The van der Waals surface area contributed by atoms with E-state index in [1.165, 1.54) is 13.8 Å². The van der Waals surface area contributed by atoms with Gasteiger partial charge in [0.1, 0.15) is 49.8 Å². The van der Waals surface area contributed by atoms with E-state index < -0.39 is 97.1 Å². The number of hydrogen-bond acceptors (Lipinski definition) is 17. The lowest BCUT2D eigenvalue weighted by Gasteiger charge is -2.45. The number of carboxylic acids is 1. The van der Waals surface area contributed by atoms with Crippen LogP contribution in [0, 0.1) is 17.8 Å². The van der Waals surface area contributed by atoms with Crippen LogP contribution in [-0.2, 0) is 83.6 Å². The Bertz CT molecular complexity index is 2940. The van der Waals surface area contributed by atoms with Crippen LogP contribution in [0.2, 0.25) is 0 Å². The predicted molar refractivity (Wildman–Crippen MR) is 363 cm³/mol. The molecule has 2 fully saturated rings. The average Bonchev–Trinajstić information content (AvgIpc) is 0.805. The van der Waals surface area contributed by atoms with Gasteiger partial charge in [-0.1, -0.05) is 207 Å². The van der Waals surface area contributed by atoms with Crippen LogP contribution in [0.25, 0.3) is 0 Å². The van der Waals surface area contributed by atoms with Gasteiger partial charge in [0.15, 0.2) is 17.6 Å². The van der Waals surface area contributed by atoms with Gasteiger partial charge in [0.05, 0.1) is 68.2 Å². The lowest BCUT2D eigenvalue weighted by molar-refractivity contribution is -0.405. The third kappa shape index (κ3) is 29.6. The van der Waals surface area contributed by atoms with Gasteiger partial charge in [-0.2, -0.15) is 0 Å². The number of rotatable bonds is 41. The number of benzene rings is 4. The van der Waals surface area contributed by atoms with E-state index in [0.29, 0.717) is 38.9 Å². The first-order valence-electron chi connectivity index (χ1n) is 34.8. The highest BCUT2D eigenvalue weighted by Crippen LogP contribution is 2.35. The Kier molecular flexibility index (Phi) is 39.2. The molecule has 0 bridgehead atoms. The van der Waals surface area contributed by atoms with Crippen molar-refractivity contribution >= 4 is 41.4 Å². The van der Waals surface area contributed by atoms with Crippen molar-refractivity contribution in [2.45, 2.75) is 256 Å². The molecule has 0 spiro atoms. The van der Waals surface area contributed by atoms with E-state index in [-0.39, 0.29) is 86.3 Å². The molecule has 3 amide bonds. The highest BCUT2D eigenvalue weighted by Gasteiger charge is 2.45. The number of unbranched alkanes of at least 4 members (excludes halogenated alkanes) is 8. The number of ether oxygens (including phenoxy) is 6. The summed E-state index contributed by atoms with van der Waals surface area (Å²) < 4.78 is 36.5. The summed E-state index contributed by atoms with van der Waals surface area (Å²) in [6.45, 7) is 11.3. The van der Waals surface area contributed by atoms with Crippen LogP contribution in [0.15, 0.2) is 121 Å². The molecule has 0 unspecified atom stereocenters. The fourth-order valence-electron chi connectivity index (χ4n) is 11.9. The third-order valence-corrected chi connectivity index (χ3v) is 18.1. The van der Waals surface area contributed by atoms with E-state index in [4.69, 9.17) is 33.5 Å². The van der Waals surface area contributed by atoms with Gasteiger partial charge in [0, 0.05) is 25.2 Å². The van der Waals surface area contributed by atoms with Crippen LogP contribution in [0.3, 0.4) is 0 Å².